The van der Waals surface area contributed by atoms with Crippen LogP contribution in [0.4, 0.5) is 0 Å². The van der Waals surface area contributed by atoms with Crippen molar-refractivity contribution in [1.82, 2.24) is 0 Å². The van der Waals surface area contributed by atoms with E-state index in [1.165, 1.54) is 6.08 Å². The summed E-state index contributed by atoms with van der Waals surface area (Å²) in [6, 6.07) is 0. The second-order valence-corrected chi connectivity index (χ2v) is 2.26. The van der Waals surface area contributed by atoms with Crippen LogP contribution >= 0.6 is 0 Å². The number of carbonyl (C=O) groups is 2. The van der Waals surface area contributed by atoms with Gasteiger partial charge in [0.05, 0.1) is 12.3 Å². The molecule has 4 heteroatoms. The Morgan fingerprint density at radius 3 is 2.58 bits per heavy atom. The van der Waals surface area contributed by atoms with Crippen LogP contribution in [0.5, 0.6) is 0 Å². The molecule has 0 aromatic rings. The lowest BCUT2D eigenvalue weighted by atomic mass is 10.4. The van der Waals surface area contributed by atoms with Gasteiger partial charge in [0, 0.05) is 0 Å². The zero-order chi connectivity index (χ0) is 8.97. The normalized spacial score (nSPS) is 13.7. The van der Waals surface area contributed by atoms with E-state index in [9.17, 15) is 9.59 Å². The molecule has 0 bridgehead atoms. The molecule has 0 amide bonds. The van der Waals surface area contributed by atoms with Gasteiger partial charge in [-0.1, -0.05) is 18.2 Å². The summed E-state index contributed by atoms with van der Waals surface area (Å²) in [6.07, 6.45) is 4.68. The molecule has 0 N–H and O–H groups in total. The average Bonchev–Trinajstić information content (AvgIpc) is 2.83. The van der Waals surface area contributed by atoms with Crippen LogP contribution in [-0.4, -0.2) is 11.9 Å². The number of hydrogen-bond donors (Lipinski definition) is 0. The summed E-state index contributed by atoms with van der Waals surface area (Å²) in [4.78, 5) is 29.7. The molecular weight excluding hydrogens is 160 g/mol. The monoisotopic (exact) mass is 168 g/mol. The molecule has 0 atom stereocenters. The second kappa shape index (κ2) is 3.71. The van der Waals surface area contributed by atoms with Gasteiger partial charge >= 0.3 is 11.9 Å². The highest BCUT2D eigenvalue weighted by Crippen LogP contribution is 2.17. The molecule has 0 saturated carbocycles. The van der Waals surface area contributed by atoms with E-state index in [0.717, 1.165) is 0 Å². The third-order valence-corrected chi connectivity index (χ3v) is 1.18. The lowest BCUT2D eigenvalue weighted by Crippen LogP contribution is -2.12. The number of carbonyl (C=O) groups excluding carboxylic acids is 2. The van der Waals surface area contributed by atoms with Gasteiger partial charge < -0.3 is 0 Å². The Bertz CT molecular complexity index is 235. The lowest BCUT2D eigenvalue weighted by molar-refractivity contribution is -0.259. The number of rotatable bonds is 3. The topological polar surface area (TPSA) is 52.6 Å². The van der Waals surface area contributed by atoms with Gasteiger partial charge in [-0.25, -0.2) is 19.4 Å². The molecule has 0 heterocycles. The van der Waals surface area contributed by atoms with Gasteiger partial charge in [0.15, 0.2) is 0 Å². The van der Waals surface area contributed by atoms with Crippen molar-refractivity contribution in [2.45, 2.75) is 6.42 Å². The van der Waals surface area contributed by atoms with Crippen LogP contribution in [-0.2, 0) is 19.4 Å². The molecule has 1 aliphatic carbocycles. The van der Waals surface area contributed by atoms with Crippen molar-refractivity contribution < 1.29 is 19.4 Å². The highest BCUT2D eigenvalue weighted by molar-refractivity contribution is 5.81. The minimum absolute atomic E-state index is 0.0331. The van der Waals surface area contributed by atoms with Crippen LogP contribution < -0.4 is 0 Å². The molecule has 0 aromatic heterocycles. The molecule has 0 fully saturated rings. The fraction of sp³-hybridized carbons (Fsp3) is 0.250. The SMILES string of the molecule is C=CCC(=O)OOC(=O)C1C=C1. The van der Waals surface area contributed by atoms with Gasteiger partial charge in [-0.3, -0.25) is 0 Å². The second-order valence-electron chi connectivity index (χ2n) is 2.26. The van der Waals surface area contributed by atoms with E-state index in [2.05, 4.69) is 16.4 Å². The molecule has 0 aromatic carbocycles. The standard InChI is InChI=1S/C8H8O4/c1-2-3-7(9)11-12-8(10)6-4-5-6/h2,4-6H,1,3H2. The molecule has 0 spiro atoms. The van der Waals surface area contributed by atoms with Gasteiger partial charge in [0.25, 0.3) is 0 Å². The summed E-state index contributed by atoms with van der Waals surface area (Å²) < 4.78 is 0. The summed E-state index contributed by atoms with van der Waals surface area (Å²) in [5.41, 5.74) is 0. The van der Waals surface area contributed by atoms with Gasteiger partial charge in [-0.15, -0.1) is 6.58 Å². The highest BCUT2D eigenvalue weighted by atomic mass is 17.2. The first kappa shape index (κ1) is 8.52. The van der Waals surface area contributed by atoms with Crippen LogP contribution in [0.25, 0.3) is 0 Å². The van der Waals surface area contributed by atoms with Crippen molar-refractivity contribution in [3.63, 3.8) is 0 Å². The fourth-order valence-electron chi connectivity index (χ4n) is 0.508. The molecule has 1 rings (SSSR count). The maximum Gasteiger partial charge on any atom is 0.366 e. The predicted molar refractivity (Wildman–Crippen MR) is 39.6 cm³/mol. The molecule has 12 heavy (non-hydrogen) atoms. The first-order valence-corrected chi connectivity index (χ1v) is 3.44. The number of hydrogen-bond acceptors (Lipinski definition) is 4. The van der Waals surface area contributed by atoms with E-state index in [1.807, 2.05) is 0 Å². The Morgan fingerprint density at radius 1 is 1.42 bits per heavy atom. The third kappa shape index (κ3) is 2.57. The Balaban J connectivity index is 2.11. The summed E-state index contributed by atoms with van der Waals surface area (Å²) in [5.74, 6) is -1.49. The summed E-state index contributed by atoms with van der Waals surface area (Å²) in [6.45, 7) is 3.32. The largest absolute Gasteiger partial charge is 0.366 e. The van der Waals surface area contributed by atoms with E-state index in [0.29, 0.717) is 0 Å². The first-order valence-electron chi connectivity index (χ1n) is 3.44. The van der Waals surface area contributed by atoms with Crippen molar-refractivity contribution >= 4 is 11.9 Å². The van der Waals surface area contributed by atoms with Gasteiger partial charge in [-0.2, -0.15) is 0 Å². The van der Waals surface area contributed by atoms with Crippen molar-refractivity contribution in [3.05, 3.63) is 24.8 Å². The Morgan fingerprint density at radius 2 is 2.08 bits per heavy atom. The van der Waals surface area contributed by atoms with Gasteiger partial charge in [0.2, 0.25) is 0 Å². The molecule has 1 aliphatic rings. The summed E-state index contributed by atoms with van der Waals surface area (Å²) in [5, 5.41) is 0. The minimum atomic E-state index is -0.626. The Hall–Kier alpha value is -1.58. The van der Waals surface area contributed by atoms with Crippen LogP contribution in [0, 0.1) is 5.92 Å². The minimum Gasteiger partial charge on any atom is -0.247 e. The maximum absolute atomic E-state index is 10.7. The van der Waals surface area contributed by atoms with Crippen molar-refractivity contribution in [2.24, 2.45) is 5.92 Å². The van der Waals surface area contributed by atoms with E-state index < -0.39 is 11.9 Å². The lowest BCUT2D eigenvalue weighted by Gasteiger charge is -1.99. The van der Waals surface area contributed by atoms with E-state index in [1.54, 1.807) is 12.2 Å². The third-order valence-electron chi connectivity index (χ3n) is 1.18. The smallest absolute Gasteiger partial charge is 0.247 e. The quantitative estimate of drug-likeness (QED) is 0.354. The van der Waals surface area contributed by atoms with Crippen molar-refractivity contribution in [3.8, 4) is 0 Å². The first-order chi connectivity index (χ1) is 5.74. The van der Waals surface area contributed by atoms with Crippen LogP contribution in [0.15, 0.2) is 24.8 Å². The van der Waals surface area contributed by atoms with Crippen LogP contribution in [0.1, 0.15) is 6.42 Å². The Kier molecular flexibility index (Phi) is 2.63. The molecule has 0 radical (unpaired) electrons. The van der Waals surface area contributed by atoms with Crippen molar-refractivity contribution in [1.29, 1.82) is 0 Å². The molecule has 0 unspecified atom stereocenters. The van der Waals surface area contributed by atoms with Crippen LogP contribution in [0.3, 0.4) is 0 Å². The highest BCUT2D eigenvalue weighted by Gasteiger charge is 2.24. The molecular formula is C8H8O4. The molecule has 64 valence electrons. The zero-order valence-electron chi connectivity index (χ0n) is 6.36. The molecule has 0 saturated heterocycles. The predicted octanol–water partition coefficient (Wildman–Crippen LogP) is 0.750. The Labute approximate surface area is 69.4 Å². The maximum atomic E-state index is 10.7. The van der Waals surface area contributed by atoms with E-state index in [-0.39, 0.29) is 12.3 Å². The molecule has 0 aliphatic heterocycles. The van der Waals surface area contributed by atoms with E-state index >= 15 is 0 Å². The average molecular weight is 168 g/mol. The van der Waals surface area contributed by atoms with Gasteiger partial charge in [0.1, 0.15) is 0 Å². The summed E-state index contributed by atoms with van der Waals surface area (Å²) in [7, 11) is 0. The molecule has 4 nitrogen and oxygen atoms in total. The summed E-state index contributed by atoms with van der Waals surface area (Å²) >= 11 is 0. The van der Waals surface area contributed by atoms with Crippen LogP contribution in [0.2, 0.25) is 0 Å². The van der Waals surface area contributed by atoms with Crippen molar-refractivity contribution in [2.75, 3.05) is 0 Å². The zero-order valence-corrected chi connectivity index (χ0v) is 6.36. The van der Waals surface area contributed by atoms with E-state index in [4.69, 9.17) is 0 Å². The van der Waals surface area contributed by atoms with Gasteiger partial charge in [-0.05, 0) is 0 Å². The fourth-order valence-corrected chi connectivity index (χ4v) is 0.508.